The van der Waals surface area contributed by atoms with Gasteiger partial charge >= 0.3 is 0 Å². The van der Waals surface area contributed by atoms with Crippen LogP contribution in [0.1, 0.15) is 29.8 Å². The number of carbonyl (C=O) groups is 1. The Kier molecular flexibility index (Phi) is 6.01. The lowest BCUT2D eigenvalue weighted by Crippen LogP contribution is -2.17. The molecule has 0 amide bonds. The Hall–Kier alpha value is -3.57. The number of hydrogen-bond donors (Lipinski definition) is 3. The summed E-state index contributed by atoms with van der Waals surface area (Å²) in [6, 6.07) is 6.77. The summed E-state index contributed by atoms with van der Waals surface area (Å²) in [5.74, 6) is -2.75. The number of benzene rings is 1. The third-order valence-corrected chi connectivity index (χ3v) is 5.52. The number of carbonyl (C=O) groups excluding carboxylic acids is 1. The van der Waals surface area contributed by atoms with Crippen LogP contribution in [0, 0.1) is 11.6 Å². The van der Waals surface area contributed by atoms with Crippen molar-refractivity contribution in [1.82, 2.24) is 19.9 Å². The lowest BCUT2D eigenvalue weighted by Gasteiger charge is -2.13. The number of ketones is 1. The number of anilines is 2. The number of rotatable bonds is 7. The number of nitrogens with one attached hydrogen (secondary N) is 3. The summed E-state index contributed by atoms with van der Waals surface area (Å²) in [5, 5.41) is 3.57. The van der Waals surface area contributed by atoms with Gasteiger partial charge < -0.3 is 14.9 Å². The maximum atomic E-state index is 15.2. The van der Waals surface area contributed by atoms with E-state index in [4.69, 9.17) is 0 Å². The van der Waals surface area contributed by atoms with E-state index in [0.29, 0.717) is 16.9 Å². The molecule has 0 aliphatic carbocycles. The van der Waals surface area contributed by atoms with Gasteiger partial charge in [-0.2, -0.15) is 4.72 Å². The van der Waals surface area contributed by atoms with E-state index in [1.807, 2.05) is 13.8 Å². The van der Waals surface area contributed by atoms with Crippen molar-refractivity contribution in [3.8, 4) is 0 Å². The van der Waals surface area contributed by atoms with Gasteiger partial charge in [0.25, 0.3) is 5.03 Å². The fourth-order valence-corrected chi connectivity index (χ4v) is 3.93. The summed E-state index contributed by atoms with van der Waals surface area (Å²) in [6.07, 6.45) is 4.08. The van der Waals surface area contributed by atoms with Crippen LogP contribution in [0.4, 0.5) is 20.3 Å². The maximum Gasteiger partial charge on any atom is 0.271 e. The standard InChI is InChI=1S/C21H18F2N6O2S/c1-11(2)28-21-16-12(9-25-20(16)26-10-27-21)19(30)17-13(22)6-7-14(18(17)23)29-32(31)15-5-3-4-8-24-15/h3-11,29H,1-2H3,(H2,25,26,27,28). The van der Waals surface area contributed by atoms with Crippen molar-refractivity contribution in [1.29, 1.82) is 0 Å². The van der Waals surface area contributed by atoms with E-state index < -0.39 is 34.3 Å². The van der Waals surface area contributed by atoms with Gasteiger partial charge in [0.2, 0.25) is 5.78 Å². The van der Waals surface area contributed by atoms with Gasteiger partial charge in [0, 0.05) is 24.5 Å². The fourth-order valence-electron chi connectivity index (χ4n) is 3.11. The zero-order valence-corrected chi connectivity index (χ0v) is 17.8. The topological polar surface area (TPSA) is 119 Å². The van der Waals surface area contributed by atoms with E-state index in [0.717, 1.165) is 12.1 Å². The molecule has 11 heteroatoms. The Morgan fingerprint density at radius 3 is 2.69 bits per heavy atom. The van der Waals surface area contributed by atoms with Crippen molar-refractivity contribution in [3.05, 3.63) is 71.8 Å². The number of fused-ring (bicyclic) bond motifs is 1. The Morgan fingerprint density at radius 1 is 1.16 bits per heavy atom. The fraction of sp³-hybridized carbons (Fsp3) is 0.143. The van der Waals surface area contributed by atoms with Crippen molar-refractivity contribution in [2.45, 2.75) is 24.9 Å². The third kappa shape index (κ3) is 4.12. The van der Waals surface area contributed by atoms with Crippen LogP contribution in [0.2, 0.25) is 0 Å². The normalized spacial score (nSPS) is 12.2. The Balaban J connectivity index is 1.74. The van der Waals surface area contributed by atoms with Crippen LogP contribution in [-0.4, -0.2) is 36.3 Å². The smallest absolute Gasteiger partial charge is 0.271 e. The minimum Gasteiger partial charge on any atom is -0.587 e. The molecule has 32 heavy (non-hydrogen) atoms. The first-order chi connectivity index (χ1) is 15.4. The summed E-state index contributed by atoms with van der Waals surface area (Å²) in [6.45, 7) is 3.77. The van der Waals surface area contributed by atoms with Crippen LogP contribution < -0.4 is 10.0 Å². The van der Waals surface area contributed by atoms with E-state index in [-0.39, 0.29) is 22.3 Å². The molecule has 0 fully saturated rings. The first-order valence-corrected chi connectivity index (χ1v) is 10.7. The Morgan fingerprint density at radius 2 is 1.97 bits per heavy atom. The summed E-state index contributed by atoms with van der Waals surface area (Å²) < 4.78 is 44.7. The van der Waals surface area contributed by atoms with E-state index in [9.17, 15) is 13.7 Å². The number of halogens is 2. The molecule has 4 aromatic rings. The van der Waals surface area contributed by atoms with Crippen molar-refractivity contribution in [2.75, 3.05) is 10.0 Å². The Bertz CT molecular complexity index is 1280. The average molecular weight is 456 g/mol. The predicted molar refractivity (Wildman–Crippen MR) is 117 cm³/mol. The summed E-state index contributed by atoms with van der Waals surface area (Å²) in [5.41, 5.74) is -0.731. The zero-order chi connectivity index (χ0) is 22.8. The third-order valence-electron chi connectivity index (χ3n) is 4.49. The first kappa shape index (κ1) is 21.7. The van der Waals surface area contributed by atoms with Crippen molar-refractivity contribution >= 4 is 39.7 Å². The highest BCUT2D eigenvalue weighted by molar-refractivity contribution is 7.92. The van der Waals surface area contributed by atoms with Gasteiger partial charge in [0.1, 0.15) is 40.7 Å². The molecule has 164 valence electrons. The second kappa shape index (κ2) is 8.89. The molecule has 0 spiro atoms. The van der Waals surface area contributed by atoms with Crippen molar-refractivity contribution < 1.29 is 18.1 Å². The van der Waals surface area contributed by atoms with E-state index in [1.165, 1.54) is 24.8 Å². The second-order valence-electron chi connectivity index (χ2n) is 7.10. The number of aromatic amines is 1. The number of hydrogen-bond acceptors (Lipinski definition) is 7. The highest BCUT2D eigenvalue weighted by Gasteiger charge is 2.27. The predicted octanol–water partition coefficient (Wildman–Crippen LogP) is 3.82. The van der Waals surface area contributed by atoms with Gasteiger partial charge in [-0.15, -0.1) is 0 Å². The highest BCUT2D eigenvalue weighted by atomic mass is 32.2. The van der Waals surface area contributed by atoms with Crippen molar-refractivity contribution in [3.63, 3.8) is 0 Å². The quantitative estimate of drug-likeness (QED) is 0.286. The lowest BCUT2D eigenvalue weighted by atomic mass is 10.0. The molecule has 3 heterocycles. The monoisotopic (exact) mass is 456 g/mol. The largest absolute Gasteiger partial charge is 0.587 e. The zero-order valence-electron chi connectivity index (χ0n) is 17.0. The molecule has 4 rings (SSSR count). The molecule has 0 aliphatic heterocycles. The van der Waals surface area contributed by atoms with Gasteiger partial charge in [-0.1, -0.05) is 6.07 Å². The molecular formula is C21H18F2N6O2S. The lowest BCUT2D eigenvalue weighted by molar-refractivity contribution is 0.103. The molecule has 0 aliphatic rings. The van der Waals surface area contributed by atoms with Gasteiger partial charge in [-0.25, -0.2) is 23.7 Å². The van der Waals surface area contributed by atoms with Gasteiger partial charge in [0.05, 0.1) is 16.5 Å². The van der Waals surface area contributed by atoms with Crippen LogP contribution in [0.15, 0.2) is 54.1 Å². The van der Waals surface area contributed by atoms with Crippen LogP contribution in [-0.2, 0) is 11.4 Å². The average Bonchev–Trinajstić information content (AvgIpc) is 3.21. The molecule has 0 saturated heterocycles. The minimum absolute atomic E-state index is 0.00421. The molecule has 0 saturated carbocycles. The van der Waals surface area contributed by atoms with Crippen LogP contribution in [0.25, 0.3) is 11.0 Å². The molecule has 0 radical (unpaired) electrons. The first-order valence-electron chi connectivity index (χ1n) is 9.57. The van der Waals surface area contributed by atoms with E-state index in [2.05, 4.69) is 30.0 Å². The Labute approximate surface area is 184 Å². The van der Waals surface area contributed by atoms with Gasteiger partial charge in [-0.05, 0) is 32.0 Å². The summed E-state index contributed by atoms with van der Waals surface area (Å²) in [7, 11) is 0. The minimum atomic E-state index is -1.91. The molecule has 1 atom stereocenters. The number of pyridine rings is 1. The van der Waals surface area contributed by atoms with E-state index in [1.54, 1.807) is 12.1 Å². The highest BCUT2D eigenvalue weighted by Crippen LogP contribution is 2.30. The number of nitrogens with zero attached hydrogens (tertiary/aromatic N) is 3. The van der Waals surface area contributed by atoms with Gasteiger partial charge in [-0.3, -0.25) is 4.79 Å². The van der Waals surface area contributed by atoms with Crippen LogP contribution >= 0.6 is 0 Å². The molecule has 3 N–H and O–H groups in total. The molecule has 1 aromatic carbocycles. The van der Waals surface area contributed by atoms with Crippen LogP contribution in [0.3, 0.4) is 0 Å². The van der Waals surface area contributed by atoms with E-state index >= 15 is 4.39 Å². The molecule has 3 aromatic heterocycles. The van der Waals surface area contributed by atoms with Crippen molar-refractivity contribution in [2.24, 2.45) is 0 Å². The number of H-pyrrole nitrogens is 1. The van der Waals surface area contributed by atoms with Gasteiger partial charge in [0.15, 0.2) is 5.82 Å². The SMILES string of the molecule is CC(C)Nc1ncnc2[nH]cc(C(=O)c3c(F)ccc(N[S+]([O-])c4ccccn4)c3F)c12. The second-order valence-corrected chi connectivity index (χ2v) is 8.26. The number of aromatic nitrogens is 4. The molecule has 8 nitrogen and oxygen atoms in total. The molecular weight excluding hydrogens is 438 g/mol. The summed E-state index contributed by atoms with van der Waals surface area (Å²) >= 11 is -1.91. The molecule has 0 bridgehead atoms. The van der Waals surface area contributed by atoms with Crippen LogP contribution in [0.5, 0.6) is 0 Å². The maximum absolute atomic E-state index is 15.2. The molecule has 1 unspecified atom stereocenters. The summed E-state index contributed by atoms with van der Waals surface area (Å²) in [4.78, 5) is 28.2.